The molecule has 2 aromatic carbocycles. The molecule has 0 bridgehead atoms. The molecule has 0 atom stereocenters. The van der Waals surface area contributed by atoms with Crippen molar-refractivity contribution < 1.29 is 22.7 Å². The second-order valence-electron chi connectivity index (χ2n) is 6.05. The average molecular weight is 408 g/mol. The number of esters is 1. The predicted molar refractivity (Wildman–Crippen MR) is 103 cm³/mol. The third-order valence-corrected chi connectivity index (χ3v) is 6.49. The molecule has 2 aromatic rings. The summed E-state index contributed by atoms with van der Waals surface area (Å²) in [5, 5.41) is 0.254. The van der Waals surface area contributed by atoms with Gasteiger partial charge in [-0.3, -0.25) is 9.10 Å². The molecule has 27 heavy (non-hydrogen) atoms. The molecule has 0 aliphatic carbocycles. The van der Waals surface area contributed by atoms with Crippen molar-refractivity contribution in [1.82, 2.24) is 0 Å². The molecule has 0 unspecified atom stereocenters. The lowest BCUT2D eigenvalue weighted by Crippen LogP contribution is -2.30. The topological polar surface area (TPSA) is 80.8 Å². The number of nitrogens with zero attached hydrogens (tertiary/aromatic N) is 1. The van der Waals surface area contributed by atoms with Crippen molar-refractivity contribution >= 4 is 39.1 Å². The fourth-order valence-corrected chi connectivity index (χ4v) is 4.28. The van der Waals surface area contributed by atoms with E-state index in [9.17, 15) is 18.0 Å². The summed E-state index contributed by atoms with van der Waals surface area (Å²) < 4.78 is 30.7. The molecule has 142 valence electrons. The van der Waals surface area contributed by atoms with Crippen LogP contribution in [0, 0.1) is 0 Å². The Balaban J connectivity index is 1.70. The van der Waals surface area contributed by atoms with Crippen LogP contribution in [0.2, 0.25) is 5.02 Å². The molecule has 1 aliphatic heterocycles. The van der Waals surface area contributed by atoms with E-state index in [-0.39, 0.29) is 22.1 Å². The number of Topliss-reactive ketones (excluding diaryl/α,β-unsaturated/α-hetero) is 1. The maximum absolute atomic E-state index is 12.4. The summed E-state index contributed by atoms with van der Waals surface area (Å²) in [6, 6.07) is 11.3. The number of anilines is 1. The van der Waals surface area contributed by atoms with Crippen LogP contribution < -0.4 is 4.31 Å². The monoisotopic (exact) mass is 407 g/mol. The summed E-state index contributed by atoms with van der Waals surface area (Å²) in [5.74, 6) is -1.02. The zero-order valence-corrected chi connectivity index (χ0v) is 16.2. The number of ketones is 1. The molecule has 0 saturated heterocycles. The van der Waals surface area contributed by atoms with E-state index >= 15 is 0 Å². The van der Waals surface area contributed by atoms with Crippen molar-refractivity contribution in [2.75, 3.05) is 23.2 Å². The number of carbonyl (C=O) groups is 2. The van der Waals surface area contributed by atoms with Gasteiger partial charge >= 0.3 is 5.97 Å². The smallest absolute Gasteiger partial charge is 0.340 e. The number of fused-ring (bicyclic) bond motifs is 1. The van der Waals surface area contributed by atoms with E-state index in [4.69, 9.17) is 16.3 Å². The highest BCUT2D eigenvalue weighted by Gasteiger charge is 2.28. The summed E-state index contributed by atoms with van der Waals surface area (Å²) in [4.78, 5) is 24.4. The van der Waals surface area contributed by atoms with Crippen molar-refractivity contribution in [3.8, 4) is 0 Å². The molecule has 1 aliphatic rings. The highest BCUT2D eigenvalue weighted by atomic mass is 35.5. The highest BCUT2D eigenvalue weighted by Crippen LogP contribution is 2.31. The van der Waals surface area contributed by atoms with Crippen LogP contribution >= 0.6 is 11.6 Å². The maximum Gasteiger partial charge on any atom is 0.340 e. The maximum atomic E-state index is 12.4. The molecular formula is C19H18ClNO5S. The molecule has 0 aromatic heterocycles. The van der Waals surface area contributed by atoms with Crippen LogP contribution in [-0.2, 0) is 21.2 Å². The minimum absolute atomic E-state index is 0.0190. The Labute approximate surface area is 162 Å². The van der Waals surface area contributed by atoms with Gasteiger partial charge in [-0.05, 0) is 49.2 Å². The highest BCUT2D eigenvalue weighted by molar-refractivity contribution is 7.92. The van der Waals surface area contributed by atoms with E-state index in [2.05, 4.69) is 0 Å². The Hall–Kier alpha value is -2.38. The van der Waals surface area contributed by atoms with E-state index in [0.717, 1.165) is 5.56 Å². The van der Waals surface area contributed by atoms with Crippen molar-refractivity contribution in [3.05, 3.63) is 64.2 Å². The van der Waals surface area contributed by atoms with Gasteiger partial charge in [0.1, 0.15) is 0 Å². The number of hydrogen-bond acceptors (Lipinski definition) is 5. The first-order valence-corrected chi connectivity index (χ1v) is 10.4. The van der Waals surface area contributed by atoms with Gasteiger partial charge in [-0.2, -0.15) is 0 Å². The number of hydrogen-bond donors (Lipinski definition) is 0. The van der Waals surface area contributed by atoms with Crippen LogP contribution in [0.1, 0.15) is 33.2 Å². The minimum atomic E-state index is -3.33. The fraction of sp³-hybridized carbons (Fsp3) is 0.263. The Morgan fingerprint density at radius 3 is 2.63 bits per heavy atom. The fourth-order valence-electron chi connectivity index (χ4n) is 2.91. The first-order valence-electron chi connectivity index (χ1n) is 8.41. The molecule has 0 amide bonds. The second-order valence-corrected chi connectivity index (χ2v) is 8.63. The number of sulfonamides is 1. The van der Waals surface area contributed by atoms with Crippen molar-refractivity contribution in [1.29, 1.82) is 0 Å². The summed E-state index contributed by atoms with van der Waals surface area (Å²) in [6.45, 7) is 1.54. The molecule has 8 heteroatoms. The van der Waals surface area contributed by atoms with E-state index in [1.54, 1.807) is 43.3 Å². The second kappa shape index (κ2) is 7.70. The van der Waals surface area contributed by atoms with Crippen LogP contribution in [0.25, 0.3) is 0 Å². The summed E-state index contributed by atoms with van der Waals surface area (Å²) in [5.41, 5.74) is 1.95. The molecule has 0 radical (unpaired) electrons. The van der Waals surface area contributed by atoms with Crippen molar-refractivity contribution in [2.24, 2.45) is 0 Å². The first-order chi connectivity index (χ1) is 12.8. The molecular weight excluding hydrogens is 390 g/mol. The largest absolute Gasteiger partial charge is 0.454 e. The van der Waals surface area contributed by atoms with Gasteiger partial charge in [-0.15, -0.1) is 0 Å². The lowest BCUT2D eigenvalue weighted by Gasteiger charge is -2.18. The molecule has 1 heterocycles. The molecule has 0 N–H and O–H groups in total. The van der Waals surface area contributed by atoms with Crippen molar-refractivity contribution in [2.45, 2.75) is 13.3 Å². The van der Waals surface area contributed by atoms with E-state index < -0.39 is 22.6 Å². The van der Waals surface area contributed by atoms with Gasteiger partial charge in [0.15, 0.2) is 12.4 Å². The molecule has 6 nitrogen and oxygen atoms in total. The minimum Gasteiger partial charge on any atom is -0.454 e. The Morgan fingerprint density at radius 1 is 1.19 bits per heavy atom. The molecule has 3 rings (SSSR count). The third kappa shape index (κ3) is 3.99. The number of benzene rings is 2. The third-order valence-electron chi connectivity index (χ3n) is 4.38. The Morgan fingerprint density at radius 2 is 1.93 bits per heavy atom. The number of ether oxygens (including phenoxy) is 1. The number of halogens is 1. The average Bonchev–Trinajstić information content (AvgIpc) is 3.10. The number of carbonyl (C=O) groups excluding carboxylic acids is 2. The van der Waals surface area contributed by atoms with Gasteiger partial charge in [0.05, 0.1) is 22.0 Å². The van der Waals surface area contributed by atoms with Gasteiger partial charge in [0.25, 0.3) is 0 Å². The van der Waals surface area contributed by atoms with Crippen LogP contribution in [0.15, 0.2) is 42.5 Å². The van der Waals surface area contributed by atoms with Gasteiger partial charge in [-0.1, -0.05) is 23.7 Å². The van der Waals surface area contributed by atoms with Crippen molar-refractivity contribution in [3.63, 3.8) is 0 Å². The normalized spacial score (nSPS) is 13.3. The standard InChI is InChI=1S/C19H18ClNO5S/c1-2-27(24,25)21-10-9-13-11-14(7-8-17(13)21)18(22)12-26-19(23)15-5-3-4-6-16(15)20/h3-8,11H,2,9-10,12H2,1H3. The molecule has 0 saturated carbocycles. The van der Waals surface area contributed by atoms with E-state index in [0.29, 0.717) is 24.2 Å². The van der Waals surface area contributed by atoms with Gasteiger partial charge in [0, 0.05) is 12.1 Å². The number of rotatable bonds is 6. The van der Waals surface area contributed by atoms with Crippen LogP contribution in [0.5, 0.6) is 0 Å². The van der Waals surface area contributed by atoms with Crippen LogP contribution in [0.3, 0.4) is 0 Å². The molecule has 0 fully saturated rings. The summed E-state index contributed by atoms with van der Waals surface area (Å²) in [7, 11) is -3.33. The molecule has 0 spiro atoms. The van der Waals surface area contributed by atoms with Gasteiger partial charge in [0.2, 0.25) is 10.0 Å². The SMILES string of the molecule is CCS(=O)(=O)N1CCc2cc(C(=O)COC(=O)c3ccccc3Cl)ccc21. The van der Waals surface area contributed by atoms with Gasteiger partial charge in [-0.25, -0.2) is 13.2 Å². The van der Waals surface area contributed by atoms with E-state index in [1.165, 1.54) is 10.4 Å². The predicted octanol–water partition coefficient (Wildman–Crippen LogP) is 3.09. The Bertz CT molecular complexity index is 1000. The summed E-state index contributed by atoms with van der Waals surface area (Å²) in [6.07, 6.45) is 0.537. The first kappa shape index (κ1) is 19.4. The zero-order valence-electron chi connectivity index (χ0n) is 14.6. The quantitative estimate of drug-likeness (QED) is 0.543. The van der Waals surface area contributed by atoms with Crippen LogP contribution in [0.4, 0.5) is 5.69 Å². The lowest BCUT2D eigenvalue weighted by molar-refractivity contribution is 0.0475. The Kier molecular flexibility index (Phi) is 5.53. The van der Waals surface area contributed by atoms with E-state index in [1.807, 2.05) is 0 Å². The lowest BCUT2D eigenvalue weighted by atomic mass is 10.1. The van der Waals surface area contributed by atoms with Gasteiger partial charge < -0.3 is 4.74 Å². The summed E-state index contributed by atoms with van der Waals surface area (Å²) >= 11 is 5.94. The zero-order chi connectivity index (χ0) is 19.6. The van der Waals surface area contributed by atoms with Crippen LogP contribution in [-0.4, -0.2) is 39.1 Å².